The van der Waals surface area contributed by atoms with E-state index in [1.54, 1.807) is 13.4 Å². The Balaban J connectivity index is 2.45. The summed E-state index contributed by atoms with van der Waals surface area (Å²) >= 11 is 0. The minimum atomic E-state index is -0.870. The van der Waals surface area contributed by atoms with E-state index in [2.05, 4.69) is 15.3 Å². The van der Waals surface area contributed by atoms with Crippen LogP contribution < -0.4 is 5.32 Å². The zero-order chi connectivity index (χ0) is 14.0. The predicted molar refractivity (Wildman–Crippen MR) is 73.0 cm³/mol. The van der Waals surface area contributed by atoms with Gasteiger partial charge in [-0.05, 0) is 38.8 Å². The molecule has 0 spiro atoms. The summed E-state index contributed by atoms with van der Waals surface area (Å²) < 4.78 is 0. The molecular weight excluding hydrogens is 244 g/mol. The van der Waals surface area contributed by atoms with Crippen LogP contribution >= 0.6 is 0 Å². The normalized spacial score (nSPS) is 14.7. The van der Waals surface area contributed by atoms with Gasteiger partial charge in [-0.25, -0.2) is 4.98 Å². The lowest BCUT2D eigenvalue weighted by atomic mass is 9.98. The zero-order valence-corrected chi connectivity index (χ0v) is 11.2. The summed E-state index contributed by atoms with van der Waals surface area (Å²) in [5.41, 5.74) is 2.71. The van der Waals surface area contributed by atoms with Crippen LogP contribution in [0, 0.1) is 0 Å². The monoisotopic (exact) mass is 262 g/mol. The third-order valence-corrected chi connectivity index (χ3v) is 3.23. The van der Waals surface area contributed by atoms with Crippen molar-refractivity contribution < 1.29 is 9.90 Å². The Morgan fingerprint density at radius 3 is 2.79 bits per heavy atom. The number of aromatic amines is 1. The molecule has 2 unspecified atom stereocenters. The first kappa shape index (κ1) is 13.5. The van der Waals surface area contributed by atoms with Gasteiger partial charge in [0.25, 0.3) is 0 Å². The van der Waals surface area contributed by atoms with Gasteiger partial charge in [0, 0.05) is 0 Å². The Kier molecular flexibility index (Phi) is 3.82. The molecule has 3 N–H and O–H groups in total. The molecule has 1 aromatic heterocycles. The van der Waals surface area contributed by atoms with Gasteiger partial charge in [0.1, 0.15) is 6.04 Å². The first-order chi connectivity index (χ1) is 9.04. The predicted octanol–water partition coefficient (Wildman–Crippen LogP) is 0.838. The van der Waals surface area contributed by atoms with Crippen molar-refractivity contribution in [1.29, 1.82) is 0 Å². The fourth-order valence-corrected chi connectivity index (χ4v) is 2.34. The van der Waals surface area contributed by atoms with Crippen LogP contribution in [-0.2, 0) is 4.79 Å². The number of H-pyrrole nitrogens is 1. The van der Waals surface area contributed by atoms with Gasteiger partial charge in [-0.1, -0.05) is 6.07 Å². The maximum atomic E-state index is 11.4. The lowest BCUT2D eigenvalue weighted by Crippen LogP contribution is -2.45. The van der Waals surface area contributed by atoms with Gasteiger partial charge in [-0.2, -0.15) is 0 Å². The number of benzene rings is 1. The second kappa shape index (κ2) is 5.38. The van der Waals surface area contributed by atoms with Gasteiger partial charge < -0.3 is 20.3 Å². The molecular formula is C13H18N4O2. The summed E-state index contributed by atoms with van der Waals surface area (Å²) in [6, 6.07) is 4.83. The lowest BCUT2D eigenvalue weighted by Gasteiger charge is -2.30. The lowest BCUT2D eigenvalue weighted by molar-refractivity contribution is -0.141. The number of nitrogens with zero attached hydrogens (tertiary/aromatic N) is 2. The molecule has 1 aromatic carbocycles. The first-order valence-corrected chi connectivity index (χ1v) is 6.04. The summed E-state index contributed by atoms with van der Waals surface area (Å²) in [5, 5.41) is 12.2. The van der Waals surface area contributed by atoms with Crippen molar-refractivity contribution in [1.82, 2.24) is 20.2 Å². The standard InChI is InChI=1S/C13H18N4O2/c1-14-11(13(18)19)12(17(2)3)8-4-5-9-10(6-8)16-7-15-9/h4-7,11-12,14H,1-3H3,(H,15,16)(H,18,19). The molecule has 0 saturated carbocycles. The molecule has 19 heavy (non-hydrogen) atoms. The Bertz CT molecular complexity index is 579. The SMILES string of the molecule is CNC(C(=O)O)C(c1ccc2nc[nH]c2c1)N(C)C. The number of rotatable bonds is 5. The van der Waals surface area contributed by atoms with Gasteiger partial charge in [-0.15, -0.1) is 0 Å². The fraction of sp³-hybridized carbons (Fsp3) is 0.385. The average Bonchev–Trinajstić information content (AvgIpc) is 2.81. The van der Waals surface area contributed by atoms with E-state index >= 15 is 0 Å². The van der Waals surface area contributed by atoms with Gasteiger partial charge in [-0.3, -0.25) is 4.79 Å². The Labute approximate surface area is 111 Å². The maximum absolute atomic E-state index is 11.4. The number of hydrogen-bond acceptors (Lipinski definition) is 4. The molecule has 0 aliphatic rings. The highest BCUT2D eigenvalue weighted by molar-refractivity contribution is 5.77. The average molecular weight is 262 g/mol. The molecule has 2 aromatic rings. The van der Waals surface area contributed by atoms with E-state index in [1.807, 2.05) is 37.2 Å². The van der Waals surface area contributed by atoms with Crippen LogP contribution in [-0.4, -0.2) is 53.1 Å². The van der Waals surface area contributed by atoms with Crippen molar-refractivity contribution in [3.63, 3.8) is 0 Å². The molecule has 6 nitrogen and oxygen atoms in total. The number of carbonyl (C=O) groups is 1. The Hall–Kier alpha value is -1.92. The molecule has 1 heterocycles. The number of carboxylic acid groups (broad SMARTS) is 1. The molecule has 0 amide bonds. The number of carboxylic acids is 1. The molecule has 0 aliphatic heterocycles. The number of hydrogen-bond donors (Lipinski definition) is 3. The minimum Gasteiger partial charge on any atom is -0.480 e. The van der Waals surface area contributed by atoms with Crippen molar-refractivity contribution >= 4 is 17.0 Å². The summed E-state index contributed by atoms with van der Waals surface area (Å²) in [7, 11) is 5.40. The number of imidazole rings is 1. The van der Waals surface area contributed by atoms with Gasteiger partial charge in [0.2, 0.25) is 0 Å². The summed E-state index contributed by atoms with van der Waals surface area (Å²) in [4.78, 5) is 20.5. The van der Waals surface area contributed by atoms with Gasteiger partial charge in [0.05, 0.1) is 23.4 Å². The highest BCUT2D eigenvalue weighted by Gasteiger charge is 2.29. The maximum Gasteiger partial charge on any atom is 0.322 e. The highest BCUT2D eigenvalue weighted by Crippen LogP contribution is 2.25. The smallest absolute Gasteiger partial charge is 0.322 e. The summed E-state index contributed by atoms with van der Waals surface area (Å²) in [5.74, 6) is -0.870. The second-order valence-corrected chi connectivity index (χ2v) is 4.69. The molecule has 6 heteroatoms. The molecule has 0 saturated heterocycles. The van der Waals surface area contributed by atoms with Crippen molar-refractivity contribution in [2.45, 2.75) is 12.1 Å². The summed E-state index contributed by atoms with van der Waals surface area (Å²) in [6.45, 7) is 0. The van der Waals surface area contributed by atoms with Crippen LogP contribution in [0.4, 0.5) is 0 Å². The van der Waals surface area contributed by atoms with Crippen LogP contribution in [0.25, 0.3) is 11.0 Å². The number of aromatic nitrogens is 2. The highest BCUT2D eigenvalue weighted by atomic mass is 16.4. The van der Waals surface area contributed by atoms with Crippen molar-refractivity contribution in [3.8, 4) is 0 Å². The fourth-order valence-electron chi connectivity index (χ4n) is 2.34. The van der Waals surface area contributed by atoms with Crippen LogP contribution in [0.1, 0.15) is 11.6 Å². The number of fused-ring (bicyclic) bond motifs is 1. The molecule has 0 fully saturated rings. The van der Waals surface area contributed by atoms with E-state index in [9.17, 15) is 9.90 Å². The quantitative estimate of drug-likeness (QED) is 0.744. The molecule has 2 atom stereocenters. The van der Waals surface area contributed by atoms with Crippen molar-refractivity contribution in [2.75, 3.05) is 21.1 Å². The largest absolute Gasteiger partial charge is 0.480 e. The number of nitrogens with one attached hydrogen (secondary N) is 2. The number of aliphatic carboxylic acids is 1. The molecule has 102 valence electrons. The Morgan fingerprint density at radius 2 is 2.21 bits per heavy atom. The number of likely N-dealkylation sites (N-methyl/N-ethyl adjacent to an activating group) is 2. The molecule has 2 rings (SSSR count). The summed E-state index contributed by atoms with van der Waals surface area (Å²) in [6.07, 6.45) is 1.63. The van der Waals surface area contributed by atoms with E-state index in [0.717, 1.165) is 16.6 Å². The third-order valence-electron chi connectivity index (χ3n) is 3.23. The third kappa shape index (κ3) is 2.59. The van der Waals surface area contributed by atoms with Gasteiger partial charge >= 0.3 is 5.97 Å². The zero-order valence-electron chi connectivity index (χ0n) is 11.2. The van der Waals surface area contributed by atoms with E-state index in [0.29, 0.717) is 0 Å². The first-order valence-electron chi connectivity index (χ1n) is 6.04. The van der Waals surface area contributed by atoms with E-state index in [4.69, 9.17) is 0 Å². The molecule has 0 radical (unpaired) electrons. The molecule has 0 bridgehead atoms. The van der Waals surface area contributed by atoms with E-state index in [1.165, 1.54) is 0 Å². The second-order valence-electron chi connectivity index (χ2n) is 4.69. The van der Waals surface area contributed by atoms with Crippen LogP contribution in [0.3, 0.4) is 0 Å². The topological polar surface area (TPSA) is 81.2 Å². The van der Waals surface area contributed by atoms with E-state index in [-0.39, 0.29) is 6.04 Å². The van der Waals surface area contributed by atoms with Crippen molar-refractivity contribution in [3.05, 3.63) is 30.1 Å². The van der Waals surface area contributed by atoms with E-state index < -0.39 is 12.0 Å². The van der Waals surface area contributed by atoms with Crippen LogP contribution in [0.5, 0.6) is 0 Å². The molecule has 0 aliphatic carbocycles. The van der Waals surface area contributed by atoms with Crippen LogP contribution in [0.2, 0.25) is 0 Å². The van der Waals surface area contributed by atoms with Crippen molar-refractivity contribution in [2.24, 2.45) is 0 Å². The minimum absolute atomic E-state index is 0.254. The van der Waals surface area contributed by atoms with Gasteiger partial charge in [0.15, 0.2) is 0 Å². The Morgan fingerprint density at radius 1 is 1.47 bits per heavy atom. The van der Waals surface area contributed by atoms with Crippen LogP contribution in [0.15, 0.2) is 24.5 Å².